The Morgan fingerprint density at radius 1 is 0.895 bits per heavy atom. The fourth-order valence-corrected chi connectivity index (χ4v) is 4.80. The van der Waals surface area contributed by atoms with Gasteiger partial charge in [0.25, 0.3) is 0 Å². The van der Waals surface area contributed by atoms with Crippen molar-refractivity contribution in [2.75, 3.05) is 0 Å². The monoisotopic (exact) mass is 252 g/mol. The molecule has 0 saturated heterocycles. The van der Waals surface area contributed by atoms with Crippen LogP contribution in [0.5, 0.6) is 0 Å². The van der Waals surface area contributed by atoms with Gasteiger partial charge >= 0.3 is 0 Å². The molecule has 4 aliphatic carbocycles. The minimum Gasteiger partial charge on any atom is -0.289 e. The summed E-state index contributed by atoms with van der Waals surface area (Å²) < 4.78 is 0. The van der Waals surface area contributed by atoms with E-state index in [1.807, 2.05) is 36.4 Å². The fraction of sp³-hybridized carbons (Fsp3) is 0.500. The molecule has 4 bridgehead atoms. The van der Waals surface area contributed by atoms with Gasteiger partial charge in [0.05, 0.1) is 0 Å². The largest absolute Gasteiger partial charge is 0.289 e. The third-order valence-electron chi connectivity index (χ3n) is 5.44. The third kappa shape index (κ3) is 1.96. The first kappa shape index (κ1) is 11.5. The molecule has 0 radical (unpaired) electrons. The van der Waals surface area contributed by atoms with Gasteiger partial charge in [-0.2, -0.15) is 0 Å². The highest BCUT2D eigenvalue weighted by Crippen LogP contribution is 2.56. The molecule has 4 fully saturated rings. The molecule has 0 aliphatic heterocycles. The second kappa shape index (κ2) is 4.33. The maximum Gasteiger partial charge on any atom is 0.185 e. The van der Waals surface area contributed by atoms with Crippen molar-refractivity contribution in [3.63, 3.8) is 0 Å². The van der Waals surface area contributed by atoms with Crippen LogP contribution in [0, 0.1) is 23.7 Å². The Balaban J connectivity index is 1.62. The summed E-state index contributed by atoms with van der Waals surface area (Å²) in [5.74, 6) is 3.59. The van der Waals surface area contributed by atoms with Crippen LogP contribution in [0.4, 0.5) is 0 Å². The molecule has 0 spiro atoms. The SMILES string of the molecule is O=C(C=C1C2CC3CC(C2)CC1C3)c1ccccc1. The van der Waals surface area contributed by atoms with Crippen LogP contribution in [0.1, 0.15) is 42.5 Å². The molecule has 0 atom stereocenters. The molecule has 4 aliphatic rings. The maximum atomic E-state index is 12.4. The van der Waals surface area contributed by atoms with E-state index < -0.39 is 0 Å². The smallest absolute Gasteiger partial charge is 0.185 e. The van der Waals surface area contributed by atoms with Crippen LogP contribution < -0.4 is 0 Å². The number of hydrogen-bond donors (Lipinski definition) is 0. The highest BCUT2D eigenvalue weighted by atomic mass is 16.1. The van der Waals surface area contributed by atoms with Crippen molar-refractivity contribution in [1.29, 1.82) is 0 Å². The number of hydrogen-bond acceptors (Lipinski definition) is 1. The van der Waals surface area contributed by atoms with E-state index in [0.29, 0.717) is 0 Å². The lowest BCUT2D eigenvalue weighted by atomic mass is 9.54. The molecule has 0 N–H and O–H groups in total. The van der Waals surface area contributed by atoms with E-state index in [-0.39, 0.29) is 5.78 Å². The van der Waals surface area contributed by atoms with Crippen molar-refractivity contribution in [1.82, 2.24) is 0 Å². The van der Waals surface area contributed by atoms with Crippen LogP contribution in [0.15, 0.2) is 42.0 Å². The molecule has 0 heterocycles. The van der Waals surface area contributed by atoms with Gasteiger partial charge in [0.2, 0.25) is 0 Å². The summed E-state index contributed by atoms with van der Waals surface area (Å²) in [6, 6.07) is 9.71. The first-order valence-corrected chi connectivity index (χ1v) is 7.60. The fourth-order valence-electron chi connectivity index (χ4n) is 4.80. The maximum absolute atomic E-state index is 12.4. The molecule has 0 amide bonds. The minimum atomic E-state index is 0.211. The predicted octanol–water partition coefficient (Wildman–Crippen LogP) is 4.25. The van der Waals surface area contributed by atoms with E-state index >= 15 is 0 Å². The summed E-state index contributed by atoms with van der Waals surface area (Å²) >= 11 is 0. The molecule has 1 nitrogen and oxygen atoms in total. The van der Waals surface area contributed by atoms with E-state index in [0.717, 1.165) is 29.2 Å². The van der Waals surface area contributed by atoms with Crippen LogP contribution >= 0.6 is 0 Å². The Morgan fingerprint density at radius 2 is 1.47 bits per heavy atom. The summed E-state index contributed by atoms with van der Waals surface area (Å²) in [5.41, 5.74) is 2.32. The molecular weight excluding hydrogens is 232 g/mol. The normalized spacial score (nSPS) is 35.5. The third-order valence-corrected chi connectivity index (χ3v) is 5.44. The summed E-state index contributed by atoms with van der Waals surface area (Å²) in [6.45, 7) is 0. The number of ketones is 1. The van der Waals surface area contributed by atoms with E-state index in [1.165, 1.54) is 37.7 Å². The Kier molecular flexibility index (Phi) is 2.61. The molecule has 1 heteroatoms. The first-order chi connectivity index (χ1) is 9.29. The lowest BCUT2D eigenvalue weighted by molar-refractivity contribution is 0.0686. The highest BCUT2D eigenvalue weighted by Gasteiger charge is 2.45. The van der Waals surface area contributed by atoms with Crippen LogP contribution in [0.25, 0.3) is 0 Å². The number of carbonyl (C=O) groups is 1. The molecule has 19 heavy (non-hydrogen) atoms. The molecule has 0 unspecified atom stereocenters. The predicted molar refractivity (Wildman–Crippen MR) is 75.9 cm³/mol. The van der Waals surface area contributed by atoms with E-state index in [4.69, 9.17) is 0 Å². The standard InChI is InChI=1S/C18H20O/c19-18(14-4-2-1-3-5-14)11-17-15-7-12-6-13(9-15)10-16(17)8-12/h1-5,11-13,15-16H,6-10H2. The summed E-state index contributed by atoms with van der Waals surface area (Å²) in [4.78, 5) is 12.4. The summed E-state index contributed by atoms with van der Waals surface area (Å²) in [6.07, 6.45) is 8.85. The Labute approximate surface area is 114 Å². The van der Waals surface area contributed by atoms with Gasteiger partial charge in [0.15, 0.2) is 5.78 Å². The van der Waals surface area contributed by atoms with Gasteiger partial charge in [-0.15, -0.1) is 0 Å². The number of benzene rings is 1. The zero-order valence-corrected chi connectivity index (χ0v) is 11.2. The van der Waals surface area contributed by atoms with Gasteiger partial charge in [0, 0.05) is 5.56 Å². The molecule has 1 aromatic rings. The van der Waals surface area contributed by atoms with Gasteiger partial charge in [-0.1, -0.05) is 35.9 Å². The molecule has 0 aromatic heterocycles. The van der Waals surface area contributed by atoms with Crippen molar-refractivity contribution in [3.05, 3.63) is 47.5 Å². The average Bonchev–Trinajstić information content (AvgIpc) is 2.43. The molecule has 4 saturated carbocycles. The lowest BCUT2D eigenvalue weighted by Gasteiger charge is -2.51. The van der Waals surface area contributed by atoms with Crippen molar-refractivity contribution >= 4 is 5.78 Å². The van der Waals surface area contributed by atoms with Crippen LogP contribution in [0.2, 0.25) is 0 Å². The molecule has 5 rings (SSSR count). The van der Waals surface area contributed by atoms with Gasteiger partial charge < -0.3 is 0 Å². The Hall–Kier alpha value is -1.37. The molecular formula is C18H20O. The Bertz CT molecular complexity index is 496. The van der Waals surface area contributed by atoms with Crippen molar-refractivity contribution in [3.8, 4) is 0 Å². The molecule has 1 aromatic carbocycles. The number of rotatable bonds is 2. The number of allylic oxidation sites excluding steroid dienone is 2. The summed E-state index contributed by atoms with van der Waals surface area (Å²) in [5, 5.41) is 0. The highest BCUT2D eigenvalue weighted by molar-refractivity contribution is 6.05. The van der Waals surface area contributed by atoms with Crippen LogP contribution in [-0.4, -0.2) is 5.78 Å². The average molecular weight is 252 g/mol. The zero-order chi connectivity index (χ0) is 12.8. The lowest BCUT2D eigenvalue weighted by Crippen LogP contribution is -2.40. The van der Waals surface area contributed by atoms with Gasteiger partial charge in [0.1, 0.15) is 0 Å². The zero-order valence-electron chi connectivity index (χ0n) is 11.2. The summed E-state index contributed by atoms with van der Waals surface area (Å²) in [7, 11) is 0. The molecule has 98 valence electrons. The first-order valence-electron chi connectivity index (χ1n) is 7.60. The van der Waals surface area contributed by atoms with Gasteiger partial charge in [-0.05, 0) is 61.9 Å². The van der Waals surface area contributed by atoms with Gasteiger partial charge in [-0.25, -0.2) is 0 Å². The number of carbonyl (C=O) groups excluding carboxylic acids is 1. The van der Waals surface area contributed by atoms with Crippen molar-refractivity contribution < 1.29 is 4.79 Å². The van der Waals surface area contributed by atoms with E-state index in [9.17, 15) is 4.79 Å². The van der Waals surface area contributed by atoms with E-state index in [1.54, 1.807) is 0 Å². The van der Waals surface area contributed by atoms with Crippen LogP contribution in [-0.2, 0) is 0 Å². The topological polar surface area (TPSA) is 17.1 Å². The van der Waals surface area contributed by atoms with Gasteiger partial charge in [-0.3, -0.25) is 4.79 Å². The minimum absolute atomic E-state index is 0.211. The van der Waals surface area contributed by atoms with E-state index in [2.05, 4.69) is 0 Å². The quantitative estimate of drug-likeness (QED) is 0.568. The second-order valence-corrected chi connectivity index (χ2v) is 6.68. The van der Waals surface area contributed by atoms with Crippen LogP contribution in [0.3, 0.4) is 0 Å². The van der Waals surface area contributed by atoms with Crippen molar-refractivity contribution in [2.24, 2.45) is 23.7 Å². The Morgan fingerprint density at radius 3 is 2.05 bits per heavy atom. The van der Waals surface area contributed by atoms with Crippen molar-refractivity contribution in [2.45, 2.75) is 32.1 Å². The second-order valence-electron chi connectivity index (χ2n) is 6.68.